The number of rotatable bonds is 16. The Kier molecular flexibility index (Phi) is 23.2. The topological polar surface area (TPSA) is 446 Å². The number of hydrogen-bond donors (Lipinski definition) is 10. The van der Waals surface area contributed by atoms with Gasteiger partial charge < -0.3 is 128 Å². The van der Waals surface area contributed by atoms with Gasteiger partial charge in [-0.25, -0.2) is 0 Å². The third-order valence-corrected chi connectivity index (χ3v) is 24.2. The number of phenols is 5. The molecule has 0 amide bonds. The van der Waals surface area contributed by atoms with Gasteiger partial charge in [0.15, 0.2) is 60.9 Å². The van der Waals surface area contributed by atoms with E-state index in [1.807, 2.05) is 51.8 Å². The summed E-state index contributed by atoms with van der Waals surface area (Å²) in [6.07, 6.45) is -12.6. The number of Topliss-reactive ketones (excluding diaryl/α,β-unsaturated/α-hetero) is 2. The number of hydrogen-bond acceptors (Lipinski definition) is 32. The summed E-state index contributed by atoms with van der Waals surface area (Å²) in [5.41, 5.74) is -0.644. The first kappa shape index (κ1) is 81.5. The van der Waals surface area contributed by atoms with Gasteiger partial charge in [-0.15, -0.1) is 0 Å². The van der Waals surface area contributed by atoms with Crippen LogP contribution in [0.3, 0.4) is 0 Å². The van der Waals surface area contributed by atoms with Crippen LogP contribution >= 0.6 is 0 Å². The zero-order chi connectivity index (χ0) is 80.3. The van der Waals surface area contributed by atoms with E-state index in [-0.39, 0.29) is 101 Å². The fourth-order valence-electron chi connectivity index (χ4n) is 18.2. The first-order chi connectivity index (χ1) is 53.2. The lowest BCUT2D eigenvalue weighted by Gasteiger charge is -2.51. The summed E-state index contributed by atoms with van der Waals surface area (Å²) in [7, 11) is 8.75. The number of benzene rings is 4. The second-order valence-electron chi connectivity index (χ2n) is 31.8. The Morgan fingerprint density at radius 1 is 0.580 bits per heavy atom. The van der Waals surface area contributed by atoms with E-state index in [1.54, 1.807) is 27.7 Å². The van der Waals surface area contributed by atoms with Crippen molar-refractivity contribution in [3.63, 3.8) is 0 Å². The van der Waals surface area contributed by atoms with Gasteiger partial charge in [0.1, 0.15) is 83.3 Å². The number of nitrogens with two attached hydrogens (primary N) is 1. The summed E-state index contributed by atoms with van der Waals surface area (Å²) in [4.78, 5) is 85.1. The van der Waals surface area contributed by atoms with Gasteiger partial charge in [0, 0.05) is 109 Å². The van der Waals surface area contributed by atoms with Crippen molar-refractivity contribution < 1.29 is 141 Å². The number of aliphatic hydroxyl groups is 4. The van der Waals surface area contributed by atoms with Gasteiger partial charge in [-0.3, -0.25) is 28.8 Å². The summed E-state index contributed by atoms with van der Waals surface area (Å²) in [5.74, 6) is -7.30. The molecule has 0 aromatic heterocycles. The van der Waals surface area contributed by atoms with Crippen LogP contribution in [0.2, 0.25) is 0 Å². The smallest absolute Gasteiger partial charge is 0.202 e. The number of aliphatic hydroxyl groups excluding tert-OH is 2. The zero-order valence-corrected chi connectivity index (χ0v) is 64.3. The molecular formula is C80H101N3O29. The number of carbonyl (C=O) groups excluding carboxylic acids is 6. The van der Waals surface area contributed by atoms with Crippen molar-refractivity contribution in [1.29, 1.82) is 0 Å². The molecule has 7 heterocycles. The molecule has 0 radical (unpaired) electrons. The molecule has 0 unspecified atom stereocenters. The highest BCUT2D eigenvalue weighted by Gasteiger charge is 2.58. The van der Waals surface area contributed by atoms with Crippen molar-refractivity contribution in [2.75, 3.05) is 48.5 Å². The molecule has 11 N–H and O–H groups in total. The minimum absolute atomic E-state index is 0.0400. The van der Waals surface area contributed by atoms with Crippen LogP contribution in [0.25, 0.3) is 0 Å². The van der Waals surface area contributed by atoms with Gasteiger partial charge in [-0.1, -0.05) is 31.2 Å². The molecule has 7 saturated heterocycles. The maximum Gasteiger partial charge on any atom is 0.202 e. The highest BCUT2D eigenvalue weighted by molar-refractivity contribution is 6.32. The Morgan fingerprint density at radius 3 is 1.79 bits per heavy atom. The molecule has 32 heteroatoms. The number of nitrogens with zero attached hydrogens (tertiary/aromatic N) is 2. The van der Waals surface area contributed by atoms with Crippen LogP contribution in [-0.2, 0) is 77.6 Å². The number of aromatic hydroxyl groups is 5. The molecule has 25 atom stereocenters. The van der Waals surface area contributed by atoms with E-state index < -0.39 is 246 Å². The standard InChI is InChI=1S/C48H64N2O17.C32H37NO12/c1-10-48(58)18-30(64-31-15-25(50(8)9)44(21(4)60-31)65-33-17-28-45(22(5)61-33)67-47-29(63-28)16-27(52)19(2)62-47)35-38(46(48)66-32-14-24(49(6)7)39(53)20(3)59-32)43(57)36-37(42(35)56)41(55)34-23(40(36)54)12-11-13-26(34)51;1-14-31(45-21-8-3-4-9-42-21)17(33)10-22(43-14)44-19-12-32(40,20(35)13-34)11-16-24(19)30(39)26-25(28(16)37)27(36)15-6-5-7-18(41-2)23(15)29(26)38/h11-13,19-22,24-25,28-33,39,44-47,51,53,56-58H,10,14-18H2,1-9H3;5-7,14,17,19,21-22,31,34,37,39-40H,3-4,8-13,33H2,1-2H3/t19-,20-,21-,22-,24-,25-,28-,29-,30-,31-,32-,33-,39+,44+,45+,46+,47-,48+;14-,17-,19-,21+,22-,31+,32-/m00/s1. The Hall–Kier alpha value is -7.10. The third kappa shape index (κ3) is 14.6. The molecule has 15 rings (SSSR count). The number of carbonyl (C=O) groups is 6. The number of phenolic OH excluding ortho intramolecular Hbond substituents is 5. The fraction of sp³-hybridized carbons (Fsp3) is 0.625. The predicted octanol–water partition coefficient (Wildman–Crippen LogP) is 4.66. The monoisotopic (exact) mass is 1570 g/mol. The lowest BCUT2D eigenvalue weighted by atomic mass is 9.70. The third-order valence-electron chi connectivity index (χ3n) is 24.2. The summed E-state index contributed by atoms with van der Waals surface area (Å²) in [6.45, 7) is 10.2. The van der Waals surface area contributed by atoms with Crippen LogP contribution in [0.1, 0.15) is 216 Å². The van der Waals surface area contributed by atoms with Gasteiger partial charge in [0.05, 0.1) is 94.9 Å². The molecular weight excluding hydrogens is 1470 g/mol. The quantitative estimate of drug-likeness (QED) is 0.0589. The van der Waals surface area contributed by atoms with Crippen LogP contribution in [0, 0.1) is 0 Å². The van der Waals surface area contributed by atoms with Crippen molar-refractivity contribution >= 4 is 34.7 Å². The zero-order valence-electron chi connectivity index (χ0n) is 64.3. The van der Waals surface area contributed by atoms with E-state index in [0.717, 1.165) is 19.3 Å². The van der Waals surface area contributed by atoms with Crippen molar-refractivity contribution in [1.82, 2.24) is 9.80 Å². The molecule has 4 aliphatic carbocycles. The summed E-state index contributed by atoms with van der Waals surface area (Å²) in [5, 5.41) is 104. The van der Waals surface area contributed by atoms with Gasteiger partial charge in [0.25, 0.3) is 0 Å². The van der Waals surface area contributed by atoms with Crippen LogP contribution in [0.15, 0.2) is 36.4 Å². The lowest BCUT2D eigenvalue weighted by molar-refractivity contribution is -0.371. The van der Waals surface area contributed by atoms with Crippen molar-refractivity contribution in [3.8, 4) is 34.5 Å². The number of fused-ring (bicyclic) bond motifs is 8. The number of likely N-dealkylation sites (N-methyl/N-ethyl adjacent to an activating group) is 2. The van der Waals surface area contributed by atoms with Gasteiger partial charge in [0.2, 0.25) is 11.6 Å². The second kappa shape index (κ2) is 31.8. The van der Waals surface area contributed by atoms with Crippen molar-refractivity contribution in [2.45, 2.75) is 271 Å². The molecule has 4 aromatic rings. The minimum Gasteiger partial charge on any atom is -0.507 e. The van der Waals surface area contributed by atoms with Crippen LogP contribution in [0.5, 0.6) is 34.5 Å². The number of ether oxygens (including phenoxy) is 14. The molecule has 7 fully saturated rings. The van der Waals surface area contributed by atoms with E-state index in [4.69, 9.17) is 72.0 Å². The van der Waals surface area contributed by atoms with E-state index >= 15 is 0 Å². The maximum absolute atomic E-state index is 14.3. The normalized spacial score (nSPS) is 36.9. The molecule has 4 aromatic carbocycles. The maximum atomic E-state index is 14.3. The molecule has 7 aliphatic heterocycles. The van der Waals surface area contributed by atoms with Crippen molar-refractivity contribution in [2.24, 2.45) is 5.73 Å². The largest absolute Gasteiger partial charge is 0.507 e. The molecule has 610 valence electrons. The summed E-state index contributed by atoms with van der Waals surface area (Å²) < 4.78 is 87.1. The highest BCUT2D eigenvalue weighted by atomic mass is 16.8. The average Bonchev–Trinajstić information content (AvgIpc) is 0.697. The lowest BCUT2D eigenvalue weighted by Crippen LogP contribution is -2.62. The van der Waals surface area contributed by atoms with E-state index in [9.17, 15) is 74.7 Å². The van der Waals surface area contributed by atoms with Crippen LogP contribution in [0.4, 0.5) is 0 Å². The summed E-state index contributed by atoms with van der Waals surface area (Å²) in [6, 6.07) is 7.10. The van der Waals surface area contributed by atoms with E-state index in [2.05, 4.69) is 0 Å². The minimum atomic E-state index is -2.24. The van der Waals surface area contributed by atoms with Crippen LogP contribution in [-0.4, -0.2) is 273 Å². The molecule has 0 spiro atoms. The Bertz CT molecular complexity index is 4310. The fourth-order valence-corrected chi connectivity index (χ4v) is 18.2. The molecule has 0 saturated carbocycles. The van der Waals surface area contributed by atoms with Crippen molar-refractivity contribution in [3.05, 3.63) is 103 Å². The molecule has 11 aliphatic rings. The molecule has 32 nitrogen and oxygen atoms in total. The molecule has 112 heavy (non-hydrogen) atoms. The Morgan fingerprint density at radius 2 is 1.14 bits per heavy atom. The predicted molar refractivity (Wildman–Crippen MR) is 387 cm³/mol. The second-order valence-corrected chi connectivity index (χ2v) is 31.8. The van der Waals surface area contributed by atoms with Gasteiger partial charge in [-0.2, -0.15) is 0 Å². The number of methoxy groups -OCH3 is 1. The first-order valence-corrected chi connectivity index (χ1v) is 38.4. The SMILES string of the molecule is CC[C@@]1(O)C[C@H](O[C@H]2C[C@H](N(C)C)[C@H](O[C@H]3C[C@@H]4O[C@H]5CC(=O)[C@H](C)O[C@H]5O[C@@H]4[C@H](C)O3)[C@H](C)O2)c2c(O)c3c(c(O)c2[C@H]1O[C@H]1C[C@H](N(C)C)[C@H](O)[C@H](C)O1)C(=O)c1cccc(O)c1C3=O.COc1cccc2c1C(=O)c1c(O)c3c(c(O)c1C2=O)C[C@@](O)(C(=O)CO)C[C@@H]3O[C@H]1C[C@H](N)[C@H](O[C@@H]2CCCCO2)[C@H](C)O1. The van der Waals surface area contributed by atoms with Crippen LogP contribution < -0.4 is 10.5 Å². The highest BCUT2D eigenvalue weighted by Crippen LogP contribution is 2.59. The van der Waals surface area contributed by atoms with Gasteiger partial charge in [-0.05, 0) is 101 Å². The van der Waals surface area contributed by atoms with E-state index in [0.29, 0.717) is 13.0 Å². The Balaban J connectivity index is 0.000000201. The van der Waals surface area contributed by atoms with E-state index in [1.165, 1.54) is 43.5 Å². The van der Waals surface area contributed by atoms with Gasteiger partial charge >= 0.3 is 0 Å². The average molecular weight is 1570 g/mol. The molecule has 0 bridgehead atoms. The first-order valence-electron chi connectivity index (χ1n) is 38.4. The number of ketones is 6. The summed E-state index contributed by atoms with van der Waals surface area (Å²) >= 11 is 0. The Labute approximate surface area is 646 Å².